The van der Waals surface area contributed by atoms with Crippen molar-refractivity contribution in [3.63, 3.8) is 0 Å². The molecule has 0 saturated heterocycles. The van der Waals surface area contributed by atoms with Crippen LogP contribution < -0.4 is 0 Å². The lowest BCUT2D eigenvalue weighted by molar-refractivity contribution is 0.591. The highest BCUT2D eigenvalue weighted by molar-refractivity contribution is 7.92. The first-order valence-corrected chi connectivity index (χ1v) is 5.41. The van der Waals surface area contributed by atoms with Gasteiger partial charge in [0.05, 0.1) is 4.90 Å². The minimum atomic E-state index is -4.14. The molecule has 0 fully saturated rings. The quantitative estimate of drug-likeness (QED) is 0.704. The number of benzene rings is 1. The maximum atomic E-state index is 11.9. The van der Waals surface area contributed by atoms with Gasteiger partial charge in [-0.15, -0.1) is 0 Å². The summed E-state index contributed by atoms with van der Waals surface area (Å²) >= 11 is 0. The van der Waals surface area contributed by atoms with E-state index in [-0.39, 0.29) is 4.90 Å². The van der Waals surface area contributed by atoms with Gasteiger partial charge in [0.25, 0.3) is 9.84 Å². The average molecular weight is 212 g/mol. The van der Waals surface area contributed by atoms with E-state index in [1.54, 1.807) is 19.1 Å². The number of nitrogens with zero attached hydrogens (tertiary/aromatic N) is 1. The molecule has 1 atom stereocenters. The smallest absolute Gasteiger partial charge is 0.296 e. The Labute approximate surface area is 88.3 Å². The normalized spacial score (nSPS) is 17.3. The maximum absolute atomic E-state index is 11.9. The van der Waals surface area contributed by atoms with Crippen molar-refractivity contribution in [3.05, 3.63) is 41.2 Å². The lowest BCUT2D eigenvalue weighted by atomic mass is 10.2. The zero-order chi connectivity index (χ0) is 13.3. The fourth-order valence-corrected chi connectivity index (χ4v) is 1.84. The third kappa shape index (κ3) is 1.94. The summed E-state index contributed by atoms with van der Waals surface area (Å²) in [7, 11) is -4.14. The number of rotatable bonds is 2. The highest BCUT2D eigenvalue weighted by atomic mass is 32.2. The van der Waals surface area contributed by atoms with Gasteiger partial charge in [-0.2, -0.15) is 0 Å². The van der Waals surface area contributed by atoms with Crippen LogP contribution in [0.3, 0.4) is 0 Å². The lowest BCUT2D eigenvalue weighted by Gasteiger charge is -2.02. The summed E-state index contributed by atoms with van der Waals surface area (Å²) in [5.41, 5.74) is 0.859. The van der Waals surface area contributed by atoms with Crippen molar-refractivity contribution in [1.82, 2.24) is 0 Å². The summed E-state index contributed by atoms with van der Waals surface area (Å²) in [6.07, 6.45) is 0. The summed E-state index contributed by atoms with van der Waals surface area (Å²) in [6, 6.07) is 5.75. The van der Waals surface area contributed by atoms with Crippen molar-refractivity contribution in [3.8, 4) is 0 Å². The Morgan fingerprint density at radius 1 is 1.43 bits per heavy atom. The molecule has 1 aromatic carbocycles. The Morgan fingerprint density at radius 2 is 2.00 bits per heavy atom. The van der Waals surface area contributed by atoms with Crippen molar-refractivity contribution >= 4 is 9.84 Å². The average Bonchev–Trinajstić information content (AvgIpc) is 2.16. The third-order valence-electron chi connectivity index (χ3n) is 1.76. The molecular weight excluding hydrogens is 198 g/mol. The van der Waals surface area contributed by atoms with E-state index in [1.165, 1.54) is 12.1 Å². The molecule has 4 heteroatoms. The number of aryl methyl sites for hydroxylation is 1. The highest BCUT2D eigenvalue weighted by Crippen LogP contribution is 2.17. The summed E-state index contributed by atoms with van der Waals surface area (Å²) < 4.78 is 45.1. The molecule has 0 saturated carbocycles. The molecule has 0 aliphatic heterocycles. The van der Waals surface area contributed by atoms with Crippen molar-refractivity contribution in [1.29, 1.82) is 0 Å². The fourth-order valence-electron chi connectivity index (χ4n) is 0.926. The molecule has 0 bridgehead atoms. The van der Waals surface area contributed by atoms with Crippen molar-refractivity contribution in [2.24, 2.45) is 0 Å². The second kappa shape index (κ2) is 3.81. The molecule has 1 aromatic rings. The van der Waals surface area contributed by atoms with E-state index >= 15 is 0 Å². The van der Waals surface area contributed by atoms with Crippen LogP contribution in [0.15, 0.2) is 29.2 Å². The van der Waals surface area contributed by atoms with Crippen LogP contribution in [0, 0.1) is 13.5 Å². The van der Waals surface area contributed by atoms with Crippen LogP contribution in [-0.4, -0.2) is 13.8 Å². The van der Waals surface area contributed by atoms with E-state index in [1.807, 2.05) is 0 Å². The van der Waals surface area contributed by atoms with Gasteiger partial charge in [-0.25, -0.2) is 15.0 Å². The summed E-state index contributed by atoms with van der Waals surface area (Å²) in [6.45, 7) is 5.69. The first kappa shape index (κ1) is 7.02. The van der Waals surface area contributed by atoms with Crippen LogP contribution >= 0.6 is 0 Å². The van der Waals surface area contributed by atoms with Crippen LogP contribution in [0.1, 0.15) is 16.5 Å². The second-order valence-corrected chi connectivity index (χ2v) is 4.85. The van der Waals surface area contributed by atoms with Gasteiger partial charge in [0.15, 0.2) is 0 Å². The van der Waals surface area contributed by atoms with Gasteiger partial charge in [0.1, 0.15) is 0 Å². The molecule has 1 rings (SSSR count). The van der Waals surface area contributed by atoms with E-state index in [9.17, 15) is 8.42 Å². The molecule has 0 heterocycles. The maximum Gasteiger partial charge on any atom is 0.322 e. The van der Waals surface area contributed by atoms with Gasteiger partial charge in [-0.1, -0.05) is 17.7 Å². The fraction of sp³-hybridized carbons (Fsp3) is 0.300. The topological polar surface area (TPSA) is 38.5 Å². The molecule has 0 spiro atoms. The van der Waals surface area contributed by atoms with E-state index < -0.39 is 22.1 Å². The largest absolute Gasteiger partial charge is 0.322 e. The molecule has 0 aliphatic carbocycles. The minimum absolute atomic E-state index is 0.139. The molecule has 74 valence electrons. The lowest BCUT2D eigenvalue weighted by Crippen LogP contribution is -2.13. The Bertz CT molecular complexity index is 540. The Morgan fingerprint density at radius 3 is 2.43 bits per heavy atom. The monoisotopic (exact) mass is 212 g/mol. The van der Waals surface area contributed by atoms with Gasteiger partial charge in [0, 0.05) is 11.0 Å². The predicted molar refractivity (Wildman–Crippen MR) is 54.4 cm³/mol. The van der Waals surface area contributed by atoms with Gasteiger partial charge < -0.3 is 0 Å². The van der Waals surface area contributed by atoms with Crippen molar-refractivity contribution in [2.75, 3.05) is 0 Å². The Hall–Kier alpha value is -1.34. The summed E-state index contributed by atoms with van der Waals surface area (Å²) in [5, 5.41) is -2.04. The standard InChI is InChI=1S/C10H11NO2S/c1-8-4-6-10(7-5-8)14(12,13)9(2)11-3/h4-7,9H,1-2H3/i2D3. The van der Waals surface area contributed by atoms with Crippen LogP contribution in [0.5, 0.6) is 0 Å². The molecule has 0 N–H and O–H groups in total. The van der Waals surface area contributed by atoms with Crippen LogP contribution in [-0.2, 0) is 9.84 Å². The van der Waals surface area contributed by atoms with Crippen molar-refractivity contribution in [2.45, 2.75) is 24.0 Å². The van der Waals surface area contributed by atoms with Crippen molar-refractivity contribution < 1.29 is 12.5 Å². The van der Waals surface area contributed by atoms with Crippen LogP contribution in [0.2, 0.25) is 0 Å². The van der Waals surface area contributed by atoms with Crippen LogP contribution in [0.4, 0.5) is 0 Å². The zero-order valence-electron chi connectivity index (χ0n) is 10.6. The minimum Gasteiger partial charge on any atom is -0.296 e. The first-order chi connectivity index (χ1) is 7.69. The van der Waals surface area contributed by atoms with E-state index in [0.717, 1.165) is 5.56 Å². The third-order valence-corrected chi connectivity index (χ3v) is 3.38. The van der Waals surface area contributed by atoms with Gasteiger partial charge >= 0.3 is 5.37 Å². The zero-order valence-corrected chi connectivity index (χ0v) is 8.38. The molecular formula is C10H11NO2S. The SMILES string of the molecule is [2H]C([2H])([2H])C([N+]#[C-])S(=O)(=O)c1ccc(C)cc1. The first-order valence-electron chi connectivity index (χ1n) is 5.37. The molecule has 1 unspecified atom stereocenters. The number of hydrogen-bond acceptors (Lipinski definition) is 2. The summed E-state index contributed by atoms with van der Waals surface area (Å²) in [4.78, 5) is 2.59. The predicted octanol–water partition coefficient (Wildman–Crippen LogP) is 2.03. The molecule has 0 radical (unpaired) electrons. The van der Waals surface area contributed by atoms with E-state index in [4.69, 9.17) is 10.7 Å². The van der Waals surface area contributed by atoms with Gasteiger partial charge in [-0.05, 0) is 19.1 Å². The van der Waals surface area contributed by atoms with Gasteiger partial charge in [-0.3, -0.25) is 4.85 Å². The highest BCUT2D eigenvalue weighted by Gasteiger charge is 2.27. The Balaban J connectivity index is 3.29. The molecule has 0 aliphatic rings. The van der Waals surface area contributed by atoms with E-state index in [0.29, 0.717) is 0 Å². The Kier molecular flexibility index (Phi) is 1.91. The van der Waals surface area contributed by atoms with Crippen LogP contribution in [0.25, 0.3) is 4.85 Å². The second-order valence-electron chi connectivity index (χ2n) is 2.84. The molecule has 0 aromatic heterocycles. The van der Waals surface area contributed by atoms with Gasteiger partial charge in [0.2, 0.25) is 0 Å². The number of hydrogen-bond donors (Lipinski definition) is 0. The van der Waals surface area contributed by atoms with E-state index in [2.05, 4.69) is 4.85 Å². The molecule has 3 nitrogen and oxygen atoms in total. The molecule has 0 amide bonds. The number of sulfone groups is 1. The summed E-state index contributed by atoms with van der Waals surface area (Å²) in [5.74, 6) is 0. The molecule has 14 heavy (non-hydrogen) atoms.